The van der Waals surface area contributed by atoms with E-state index in [1.54, 1.807) is 29.2 Å². The Morgan fingerprint density at radius 2 is 1.80 bits per heavy atom. The maximum absolute atomic E-state index is 12.8. The molecule has 1 amide bonds. The molecule has 0 atom stereocenters. The van der Waals surface area contributed by atoms with Gasteiger partial charge in [0.1, 0.15) is 5.75 Å². The van der Waals surface area contributed by atoms with Crippen molar-refractivity contribution >= 4 is 34.6 Å². The topological polar surface area (TPSA) is 52.9 Å². The van der Waals surface area contributed by atoms with Crippen LogP contribution in [0.2, 0.25) is 0 Å². The number of thioether (sulfide) groups is 1. The first-order valence-electron chi connectivity index (χ1n) is 8.17. The lowest BCUT2D eigenvalue weighted by molar-refractivity contribution is -0.122. The number of nitrogens with zero attached hydrogens (tertiary/aromatic N) is 2. The molecule has 4 nitrogen and oxygen atoms in total. The van der Waals surface area contributed by atoms with Crippen molar-refractivity contribution in [3.8, 4) is 5.75 Å². The van der Waals surface area contributed by atoms with Crippen LogP contribution < -0.4 is 0 Å². The first-order chi connectivity index (χ1) is 12.0. The molecule has 0 unspecified atom stereocenters. The number of para-hydroxylation sites is 2. The second-order valence-corrected chi connectivity index (χ2v) is 7.22. The first-order valence-corrected chi connectivity index (χ1v) is 8.99. The zero-order valence-electron chi connectivity index (χ0n) is 14.2. The average Bonchev–Trinajstić information content (AvgIpc) is 2.86. The number of amides is 1. The van der Waals surface area contributed by atoms with E-state index in [2.05, 4.69) is 18.8 Å². The quantitative estimate of drug-likeness (QED) is 0.815. The Morgan fingerprint density at radius 1 is 1.12 bits per heavy atom. The fourth-order valence-corrected chi connectivity index (χ4v) is 3.48. The smallest absolute Gasteiger partial charge is 0.266 e. The summed E-state index contributed by atoms with van der Waals surface area (Å²) in [6.07, 6.45) is 1.73. The normalized spacial score (nSPS) is 17.9. The highest BCUT2D eigenvalue weighted by Crippen LogP contribution is 2.35. The van der Waals surface area contributed by atoms with Crippen LogP contribution in [-0.2, 0) is 4.79 Å². The highest BCUT2D eigenvalue weighted by atomic mass is 32.2. The Morgan fingerprint density at radius 3 is 2.48 bits per heavy atom. The van der Waals surface area contributed by atoms with E-state index in [0.29, 0.717) is 28.1 Å². The summed E-state index contributed by atoms with van der Waals surface area (Å²) in [4.78, 5) is 19.8. The average molecular weight is 352 g/mol. The van der Waals surface area contributed by atoms with E-state index in [4.69, 9.17) is 0 Å². The van der Waals surface area contributed by atoms with Crippen LogP contribution in [0, 0.1) is 5.92 Å². The van der Waals surface area contributed by atoms with Gasteiger partial charge in [-0.15, -0.1) is 0 Å². The number of benzene rings is 2. The van der Waals surface area contributed by atoms with Gasteiger partial charge in [0.15, 0.2) is 5.17 Å². The Bertz CT molecular complexity index is 829. The molecule has 0 aromatic heterocycles. The molecule has 25 heavy (non-hydrogen) atoms. The summed E-state index contributed by atoms with van der Waals surface area (Å²) in [5.41, 5.74) is 1.44. The molecule has 0 spiro atoms. The number of carbonyl (C=O) groups is 1. The molecule has 3 rings (SSSR count). The summed E-state index contributed by atoms with van der Waals surface area (Å²) in [6, 6.07) is 16.6. The Labute approximate surface area is 151 Å². The highest BCUT2D eigenvalue weighted by molar-refractivity contribution is 8.18. The van der Waals surface area contributed by atoms with Gasteiger partial charge in [0.05, 0.1) is 10.6 Å². The molecule has 0 aliphatic carbocycles. The molecular weight excluding hydrogens is 332 g/mol. The van der Waals surface area contributed by atoms with E-state index >= 15 is 0 Å². The van der Waals surface area contributed by atoms with Gasteiger partial charge in [0.2, 0.25) is 0 Å². The Balaban J connectivity index is 1.97. The van der Waals surface area contributed by atoms with Crippen molar-refractivity contribution in [2.75, 3.05) is 6.54 Å². The molecule has 1 fully saturated rings. The second kappa shape index (κ2) is 7.57. The lowest BCUT2D eigenvalue weighted by Gasteiger charge is -2.17. The Kier molecular flexibility index (Phi) is 5.24. The van der Waals surface area contributed by atoms with Gasteiger partial charge in [-0.1, -0.05) is 50.2 Å². The van der Waals surface area contributed by atoms with Crippen LogP contribution in [0.1, 0.15) is 19.4 Å². The predicted octanol–water partition coefficient (Wildman–Crippen LogP) is 4.65. The number of carbonyl (C=O) groups excluding carboxylic acids is 1. The molecule has 5 heteroatoms. The van der Waals surface area contributed by atoms with Crippen molar-refractivity contribution in [2.45, 2.75) is 13.8 Å². The molecule has 1 N–H and O–H groups in total. The van der Waals surface area contributed by atoms with Crippen molar-refractivity contribution in [2.24, 2.45) is 10.9 Å². The summed E-state index contributed by atoms with van der Waals surface area (Å²) in [5, 5.41) is 10.6. The van der Waals surface area contributed by atoms with Crippen LogP contribution in [0.15, 0.2) is 64.5 Å². The zero-order valence-corrected chi connectivity index (χ0v) is 15.0. The standard InChI is InChI=1S/C20H20N2O2S/c1-14(2)13-22-19(24)18(12-15-8-6-7-11-17(15)23)25-20(22)21-16-9-4-3-5-10-16/h3-12,14,23H,13H2,1-2H3/b18-12+,21-20?. The second-order valence-electron chi connectivity index (χ2n) is 6.21. The van der Waals surface area contributed by atoms with Gasteiger partial charge < -0.3 is 5.11 Å². The van der Waals surface area contributed by atoms with Gasteiger partial charge in [0, 0.05) is 12.1 Å². The van der Waals surface area contributed by atoms with E-state index in [0.717, 1.165) is 5.69 Å². The van der Waals surface area contributed by atoms with Gasteiger partial charge >= 0.3 is 0 Å². The third-order valence-corrected chi connectivity index (χ3v) is 4.65. The maximum Gasteiger partial charge on any atom is 0.266 e. The molecule has 1 heterocycles. The predicted molar refractivity (Wildman–Crippen MR) is 104 cm³/mol. The van der Waals surface area contributed by atoms with Gasteiger partial charge in [0.25, 0.3) is 5.91 Å². The number of phenols is 1. The lowest BCUT2D eigenvalue weighted by Crippen LogP contribution is -2.32. The molecule has 0 radical (unpaired) electrons. The van der Waals surface area contributed by atoms with Crippen molar-refractivity contribution in [1.82, 2.24) is 4.90 Å². The molecule has 2 aromatic carbocycles. The van der Waals surface area contributed by atoms with Crippen LogP contribution in [-0.4, -0.2) is 27.6 Å². The van der Waals surface area contributed by atoms with E-state index < -0.39 is 0 Å². The van der Waals surface area contributed by atoms with Crippen LogP contribution in [0.5, 0.6) is 5.75 Å². The molecule has 2 aromatic rings. The monoisotopic (exact) mass is 352 g/mol. The van der Waals surface area contributed by atoms with Crippen molar-refractivity contribution in [3.63, 3.8) is 0 Å². The largest absolute Gasteiger partial charge is 0.507 e. The Hall–Kier alpha value is -2.53. The number of hydrogen-bond donors (Lipinski definition) is 1. The zero-order chi connectivity index (χ0) is 17.8. The van der Waals surface area contributed by atoms with E-state index in [9.17, 15) is 9.90 Å². The van der Waals surface area contributed by atoms with Crippen molar-refractivity contribution in [3.05, 3.63) is 65.1 Å². The summed E-state index contributed by atoms with van der Waals surface area (Å²) in [6.45, 7) is 4.75. The third-order valence-electron chi connectivity index (χ3n) is 3.64. The first kappa shape index (κ1) is 17.3. The van der Waals surface area contributed by atoms with E-state index in [1.165, 1.54) is 11.8 Å². The van der Waals surface area contributed by atoms with E-state index in [-0.39, 0.29) is 11.7 Å². The summed E-state index contributed by atoms with van der Waals surface area (Å²) in [7, 11) is 0. The molecule has 0 bridgehead atoms. The van der Waals surface area contributed by atoms with E-state index in [1.807, 2.05) is 36.4 Å². The van der Waals surface area contributed by atoms with Crippen molar-refractivity contribution < 1.29 is 9.90 Å². The van der Waals surface area contributed by atoms with Crippen LogP contribution in [0.3, 0.4) is 0 Å². The summed E-state index contributed by atoms with van der Waals surface area (Å²) >= 11 is 1.34. The number of aromatic hydroxyl groups is 1. The SMILES string of the molecule is CC(C)CN1C(=O)/C(=C\c2ccccc2O)SC1=Nc1ccccc1. The summed E-state index contributed by atoms with van der Waals surface area (Å²) < 4.78 is 0. The fraction of sp³-hybridized carbons (Fsp3) is 0.200. The molecule has 0 saturated carbocycles. The van der Waals surface area contributed by atoms with Crippen LogP contribution in [0.4, 0.5) is 5.69 Å². The van der Waals surface area contributed by atoms with Gasteiger partial charge in [-0.3, -0.25) is 9.69 Å². The minimum Gasteiger partial charge on any atom is -0.507 e. The number of aliphatic imine (C=N–C) groups is 1. The number of rotatable bonds is 4. The highest BCUT2D eigenvalue weighted by Gasteiger charge is 2.33. The van der Waals surface area contributed by atoms with Gasteiger partial charge in [-0.25, -0.2) is 4.99 Å². The number of hydrogen-bond acceptors (Lipinski definition) is 4. The third kappa shape index (κ3) is 4.12. The van der Waals surface area contributed by atoms with Crippen molar-refractivity contribution in [1.29, 1.82) is 0 Å². The fourth-order valence-electron chi connectivity index (χ4n) is 2.48. The molecule has 1 aliphatic rings. The molecule has 1 saturated heterocycles. The van der Waals surface area contributed by atoms with Crippen LogP contribution >= 0.6 is 11.8 Å². The minimum absolute atomic E-state index is 0.0726. The van der Waals surface area contributed by atoms with Gasteiger partial charge in [-0.2, -0.15) is 0 Å². The summed E-state index contributed by atoms with van der Waals surface area (Å²) in [5.74, 6) is 0.416. The maximum atomic E-state index is 12.8. The number of amidine groups is 1. The minimum atomic E-state index is -0.0726. The van der Waals surface area contributed by atoms with Gasteiger partial charge in [-0.05, 0) is 42.0 Å². The molecular formula is C20H20N2O2S. The molecule has 1 aliphatic heterocycles. The lowest BCUT2D eigenvalue weighted by atomic mass is 10.1. The number of phenolic OH excluding ortho intramolecular Hbond substituents is 1. The van der Waals surface area contributed by atoms with Crippen LogP contribution in [0.25, 0.3) is 6.08 Å². The molecule has 128 valence electrons.